The van der Waals surface area contributed by atoms with E-state index < -0.39 is 11.6 Å². The van der Waals surface area contributed by atoms with Gasteiger partial charge in [-0.15, -0.1) is 0 Å². The predicted molar refractivity (Wildman–Crippen MR) is 148 cm³/mol. The van der Waals surface area contributed by atoms with E-state index in [1.807, 2.05) is 12.1 Å². The van der Waals surface area contributed by atoms with Gasteiger partial charge in [0.2, 0.25) is 11.8 Å². The number of nitrogens with zero attached hydrogens (tertiary/aromatic N) is 4. The minimum Gasteiger partial charge on any atom is -0.434 e. The molecule has 4 aromatic rings. The highest BCUT2D eigenvalue weighted by atomic mass is 79.9. The van der Waals surface area contributed by atoms with Gasteiger partial charge >= 0.3 is 0 Å². The zero-order valence-corrected chi connectivity index (χ0v) is 24.2. The van der Waals surface area contributed by atoms with E-state index in [-0.39, 0.29) is 54.7 Å². The second-order valence-corrected chi connectivity index (χ2v) is 9.60. The summed E-state index contributed by atoms with van der Waals surface area (Å²) in [5.74, 6) is -1.44. The number of hydrogen-bond acceptors (Lipinski definition) is 6. The highest BCUT2D eigenvalue weighted by Gasteiger charge is 2.16. The molecular formula is C26H13BrCl4F2N4O2. The summed E-state index contributed by atoms with van der Waals surface area (Å²) in [4.78, 5) is 7.73. The molecule has 2 aromatic carbocycles. The maximum absolute atomic E-state index is 14.1. The molecular weight excluding hydrogens is 660 g/mol. The molecule has 0 fully saturated rings. The van der Waals surface area contributed by atoms with E-state index in [9.17, 15) is 8.78 Å². The zero-order chi connectivity index (χ0) is 28.7. The average Bonchev–Trinajstić information content (AvgIpc) is 2.91. The van der Waals surface area contributed by atoms with Crippen LogP contribution in [0.1, 0.15) is 22.3 Å². The summed E-state index contributed by atoms with van der Waals surface area (Å²) in [6.45, 7) is 1.59. The zero-order valence-electron chi connectivity index (χ0n) is 19.6. The third-order valence-corrected chi connectivity index (χ3v) is 6.31. The number of alkyl halides is 1. The Bertz CT molecular complexity index is 1630. The van der Waals surface area contributed by atoms with Crippen molar-refractivity contribution in [3.8, 4) is 35.4 Å². The Balaban J connectivity index is 0.000000216. The van der Waals surface area contributed by atoms with E-state index in [4.69, 9.17) is 66.4 Å². The highest BCUT2D eigenvalue weighted by molar-refractivity contribution is 9.08. The molecule has 4 rings (SSSR count). The van der Waals surface area contributed by atoms with E-state index in [0.717, 1.165) is 0 Å². The van der Waals surface area contributed by atoms with Gasteiger partial charge in [-0.25, -0.2) is 18.7 Å². The first kappa shape index (κ1) is 30.4. The number of rotatable bonds is 5. The van der Waals surface area contributed by atoms with Gasteiger partial charge in [-0.3, -0.25) is 0 Å². The van der Waals surface area contributed by atoms with Gasteiger partial charge in [-0.1, -0.05) is 74.5 Å². The van der Waals surface area contributed by atoms with Gasteiger partial charge < -0.3 is 9.47 Å². The molecule has 0 atom stereocenters. The molecule has 2 aromatic heterocycles. The third-order valence-electron chi connectivity index (χ3n) is 4.73. The monoisotopic (exact) mass is 670 g/mol. The summed E-state index contributed by atoms with van der Waals surface area (Å²) in [6, 6.07) is 15.4. The van der Waals surface area contributed by atoms with E-state index in [1.165, 1.54) is 42.5 Å². The maximum Gasteiger partial charge on any atom is 0.222 e. The lowest BCUT2D eigenvalue weighted by molar-refractivity contribution is 0.425. The highest BCUT2D eigenvalue weighted by Crippen LogP contribution is 2.35. The number of benzene rings is 2. The summed E-state index contributed by atoms with van der Waals surface area (Å²) in [6.07, 6.45) is 0. The van der Waals surface area contributed by atoms with Crippen molar-refractivity contribution in [1.82, 2.24) is 9.97 Å². The first-order chi connectivity index (χ1) is 18.6. The summed E-state index contributed by atoms with van der Waals surface area (Å²) in [5, 5.41) is 18.4. The van der Waals surface area contributed by atoms with Gasteiger partial charge in [0, 0.05) is 23.0 Å². The lowest BCUT2D eigenvalue weighted by Crippen LogP contribution is -1.96. The maximum atomic E-state index is 14.1. The molecule has 13 heteroatoms. The molecule has 0 radical (unpaired) electrons. The van der Waals surface area contributed by atoms with Crippen LogP contribution in [0.2, 0.25) is 20.4 Å². The lowest BCUT2D eigenvalue weighted by Gasteiger charge is -2.10. The number of hydrogen-bond donors (Lipinski definition) is 0. The van der Waals surface area contributed by atoms with Gasteiger partial charge in [-0.2, -0.15) is 10.5 Å². The van der Waals surface area contributed by atoms with E-state index in [1.54, 1.807) is 13.0 Å². The molecule has 0 aliphatic heterocycles. The van der Waals surface area contributed by atoms with Gasteiger partial charge in [0.1, 0.15) is 10.3 Å². The lowest BCUT2D eigenvalue weighted by atomic mass is 10.2. The van der Waals surface area contributed by atoms with Crippen molar-refractivity contribution >= 4 is 62.3 Å². The van der Waals surface area contributed by atoms with E-state index in [2.05, 4.69) is 25.9 Å². The van der Waals surface area contributed by atoms with E-state index >= 15 is 0 Å². The second kappa shape index (κ2) is 13.7. The quantitative estimate of drug-likeness (QED) is 0.155. The Labute approximate surface area is 250 Å². The first-order valence-electron chi connectivity index (χ1n) is 10.5. The number of halogens is 7. The summed E-state index contributed by atoms with van der Waals surface area (Å²) in [7, 11) is 0. The van der Waals surface area contributed by atoms with Crippen molar-refractivity contribution < 1.29 is 18.3 Å². The van der Waals surface area contributed by atoms with Crippen LogP contribution >= 0.6 is 62.3 Å². The van der Waals surface area contributed by atoms with Crippen LogP contribution in [0.4, 0.5) is 8.78 Å². The second-order valence-electron chi connectivity index (χ2n) is 7.45. The van der Waals surface area contributed by atoms with Gasteiger partial charge in [0.15, 0.2) is 23.1 Å². The van der Waals surface area contributed by atoms with Crippen molar-refractivity contribution in [2.75, 3.05) is 0 Å². The fourth-order valence-corrected chi connectivity index (χ4v) is 4.09. The third kappa shape index (κ3) is 7.92. The van der Waals surface area contributed by atoms with Crippen LogP contribution in [-0.2, 0) is 5.33 Å². The fraction of sp³-hybridized carbons (Fsp3) is 0.0769. The Morgan fingerprint density at radius 2 is 1.23 bits per heavy atom. The summed E-state index contributed by atoms with van der Waals surface area (Å²) < 4.78 is 38.7. The Morgan fingerprint density at radius 3 is 1.69 bits per heavy atom. The molecule has 0 spiro atoms. The largest absolute Gasteiger partial charge is 0.434 e. The fourth-order valence-electron chi connectivity index (χ4n) is 2.88. The van der Waals surface area contributed by atoms with Crippen LogP contribution in [0.15, 0.2) is 48.5 Å². The smallest absolute Gasteiger partial charge is 0.222 e. The van der Waals surface area contributed by atoms with Crippen LogP contribution in [-0.4, -0.2) is 9.97 Å². The van der Waals surface area contributed by atoms with Crippen molar-refractivity contribution in [3.63, 3.8) is 0 Å². The van der Waals surface area contributed by atoms with Gasteiger partial charge in [0.25, 0.3) is 0 Å². The van der Waals surface area contributed by atoms with Crippen molar-refractivity contribution in [3.05, 3.63) is 103 Å². The molecule has 2 heterocycles. The molecule has 39 heavy (non-hydrogen) atoms. The molecule has 0 unspecified atom stereocenters. The number of aromatic nitrogens is 2. The molecule has 0 bridgehead atoms. The molecule has 0 amide bonds. The Morgan fingerprint density at radius 1 is 0.769 bits per heavy atom. The van der Waals surface area contributed by atoms with Crippen LogP contribution < -0.4 is 9.47 Å². The topological polar surface area (TPSA) is 91.8 Å². The normalized spacial score (nSPS) is 10.1. The molecule has 6 nitrogen and oxygen atoms in total. The number of aryl methyl sites for hydroxylation is 1. The first-order valence-corrected chi connectivity index (χ1v) is 13.2. The SMILES string of the molecule is Cc1ccc(Cl)c(Oc2cc(C#N)cc(Cl)n2)c1F.N#Cc1cc(Cl)nc(Oc2c(Cl)ccc(CBr)c2F)c1. The van der Waals surface area contributed by atoms with Crippen LogP contribution in [0.3, 0.4) is 0 Å². The molecule has 0 aliphatic rings. The van der Waals surface area contributed by atoms with Gasteiger partial charge in [0.05, 0.1) is 33.3 Å². The van der Waals surface area contributed by atoms with Crippen molar-refractivity contribution in [2.45, 2.75) is 12.3 Å². The molecule has 0 N–H and O–H groups in total. The van der Waals surface area contributed by atoms with Crippen molar-refractivity contribution in [2.24, 2.45) is 0 Å². The van der Waals surface area contributed by atoms with Crippen LogP contribution in [0, 0.1) is 41.2 Å². The van der Waals surface area contributed by atoms with Crippen molar-refractivity contribution in [1.29, 1.82) is 10.5 Å². The van der Waals surface area contributed by atoms with E-state index in [0.29, 0.717) is 16.5 Å². The standard InChI is InChI=1S/C13H6BrCl2FN2O.C13H7Cl2FN2O/c14-5-8-1-2-9(15)13(12(8)17)20-11-4-7(6-18)3-10(16)19-11;1-7-2-3-9(14)13(12(7)16)19-11-5-8(6-17)4-10(15)18-11/h1-4H,5H2;2-5H,1H3. The molecule has 0 saturated carbocycles. The van der Waals surface area contributed by atoms with Crippen LogP contribution in [0.25, 0.3) is 0 Å². The summed E-state index contributed by atoms with van der Waals surface area (Å²) >= 11 is 26.5. The molecule has 0 saturated heterocycles. The van der Waals surface area contributed by atoms with Crippen LogP contribution in [0.5, 0.6) is 23.3 Å². The minimum absolute atomic E-state index is 0.00146. The predicted octanol–water partition coefficient (Wildman–Crippen LogP) is 9.59. The minimum atomic E-state index is -0.588. The number of pyridine rings is 2. The molecule has 0 aliphatic carbocycles. The van der Waals surface area contributed by atoms with Gasteiger partial charge in [-0.05, 0) is 36.8 Å². The molecule has 198 valence electrons. The average molecular weight is 673 g/mol. The Hall–Kier alpha value is -3.18. The number of ether oxygens (including phenoxy) is 2. The summed E-state index contributed by atoms with van der Waals surface area (Å²) in [5.41, 5.74) is 1.31. The number of nitriles is 2. The Kier molecular flexibility index (Phi) is 10.7.